The number of hydrogen-bond donors (Lipinski definition) is 1. The quantitative estimate of drug-likeness (QED) is 0.436. The summed E-state index contributed by atoms with van der Waals surface area (Å²) >= 11 is 0. The highest BCUT2D eigenvalue weighted by atomic mass is 19.1. The Balaban J connectivity index is 1.74. The summed E-state index contributed by atoms with van der Waals surface area (Å²) in [7, 11) is 0. The monoisotopic (exact) mass is 446 g/mol. The molecule has 1 aliphatic rings. The summed E-state index contributed by atoms with van der Waals surface area (Å²) in [6.45, 7) is 8.98. The molecular formula is C25H32F2N2O3. The van der Waals surface area contributed by atoms with E-state index in [0.717, 1.165) is 55.7 Å². The Morgan fingerprint density at radius 3 is 2.53 bits per heavy atom. The number of piperidine rings is 1. The number of benzene rings is 2. The minimum Gasteiger partial charge on any atom is -0.460 e. The number of halogens is 2. The zero-order valence-corrected chi connectivity index (χ0v) is 19.2. The second kappa shape index (κ2) is 9.76. The van der Waals surface area contributed by atoms with Gasteiger partial charge in [0.05, 0.1) is 11.4 Å². The standard InChI is InChI=1S/C25H32F2N2O3/c1-16-21(31-24-18(26)8-5-9-19(24)27)12-11-20(28)23(16)29-14-6-7-17(15-29)10-13-22(30)32-25(2,3)4/h5,8-9,11-12,17H,6-7,10,13-15,28H2,1-4H3/t17-/m0/s1. The molecule has 32 heavy (non-hydrogen) atoms. The van der Waals surface area contributed by atoms with E-state index in [9.17, 15) is 13.6 Å². The molecule has 0 spiro atoms. The van der Waals surface area contributed by atoms with E-state index in [1.165, 1.54) is 6.07 Å². The van der Waals surface area contributed by atoms with E-state index in [1.54, 1.807) is 12.1 Å². The first-order valence-electron chi connectivity index (χ1n) is 11.0. The maximum atomic E-state index is 14.1. The van der Waals surface area contributed by atoms with Crippen LogP contribution in [0.4, 0.5) is 20.2 Å². The normalized spacial score (nSPS) is 16.7. The molecule has 0 aromatic heterocycles. The van der Waals surface area contributed by atoms with E-state index in [0.29, 0.717) is 23.8 Å². The second-order valence-corrected chi connectivity index (χ2v) is 9.36. The van der Waals surface area contributed by atoms with Gasteiger partial charge in [-0.2, -0.15) is 0 Å². The molecule has 2 aromatic carbocycles. The van der Waals surface area contributed by atoms with Crippen LogP contribution in [0.25, 0.3) is 0 Å². The number of carbonyl (C=O) groups is 1. The summed E-state index contributed by atoms with van der Waals surface area (Å²) in [5.41, 5.74) is 7.91. The van der Waals surface area contributed by atoms with E-state index < -0.39 is 23.0 Å². The Kier molecular flexibility index (Phi) is 7.26. The van der Waals surface area contributed by atoms with Crippen molar-refractivity contribution in [3.05, 3.63) is 47.5 Å². The van der Waals surface area contributed by atoms with Crippen molar-refractivity contribution >= 4 is 17.3 Å². The van der Waals surface area contributed by atoms with Gasteiger partial charge in [-0.25, -0.2) is 8.78 Å². The molecule has 1 atom stereocenters. The fourth-order valence-electron chi connectivity index (χ4n) is 4.14. The number of nitrogen functional groups attached to an aromatic ring is 1. The van der Waals surface area contributed by atoms with Crippen molar-refractivity contribution in [1.82, 2.24) is 0 Å². The fourth-order valence-corrected chi connectivity index (χ4v) is 4.14. The van der Waals surface area contributed by atoms with Crippen LogP contribution in [0.3, 0.4) is 0 Å². The third kappa shape index (κ3) is 5.90. The second-order valence-electron chi connectivity index (χ2n) is 9.36. The van der Waals surface area contributed by atoms with Crippen LogP contribution in [0.15, 0.2) is 30.3 Å². The van der Waals surface area contributed by atoms with E-state index in [1.807, 2.05) is 27.7 Å². The lowest BCUT2D eigenvalue weighted by atomic mass is 9.92. The minimum absolute atomic E-state index is 0.187. The third-order valence-corrected chi connectivity index (χ3v) is 5.56. The molecule has 7 heteroatoms. The maximum Gasteiger partial charge on any atom is 0.306 e. The lowest BCUT2D eigenvalue weighted by molar-refractivity contribution is -0.155. The van der Waals surface area contributed by atoms with Crippen LogP contribution < -0.4 is 15.4 Å². The van der Waals surface area contributed by atoms with Crippen LogP contribution in [0.2, 0.25) is 0 Å². The van der Waals surface area contributed by atoms with Gasteiger partial charge in [-0.15, -0.1) is 0 Å². The molecule has 3 rings (SSSR count). The number of hydrogen-bond acceptors (Lipinski definition) is 5. The Labute approximate surface area is 188 Å². The number of para-hydroxylation sites is 1. The molecule has 5 nitrogen and oxygen atoms in total. The molecule has 0 aliphatic carbocycles. The number of ether oxygens (including phenoxy) is 2. The van der Waals surface area contributed by atoms with Crippen molar-refractivity contribution in [2.45, 2.75) is 59.0 Å². The smallest absolute Gasteiger partial charge is 0.306 e. The van der Waals surface area contributed by atoms with E-state index in [2.05, 4.69) is 4.90 Å². The van der Waals surface area contributed by atoms with Gasteiger partial charge in [0.15, 0.2) is 17.4 Å². The van der Waals surface area contributed by atoms with Crippen LogP contribution in [0.1, 0.15) is 52.0 Å². The highest BCUT2D eigenvalue weighted by molar-refractivity contribution is 5.75. The lowest BCUT2D eigenvalue weighted by Gasteiger charge is -2.36. The van der Waals surface area contributed by atoms with E-state index in [4.69, 9.17) is 15.2 Å². The maximum absolute atomic E-state index is 14.1. The van der Waals surface area contributed by atoms with Crippen molar-refractivity contribution < 1.29 is 23.0 Å². The molecule has 0 saturated carbocycles. The highest BCUT2D eigenvalue weighted by Gasteiger charge is 2.26. The zero-order chi connectivity index (χ0) is 23.5. The molecule has 0 radical (unpaired) electrons. The van der Waals surface area contributed by atoms with Crippen LogP contribution in [-0.4, -0.2) is 24.7 Å². The first kappa shape index (κ1) is 23.8. The zero-order valence-electron chi connectivity index (χ0n) is 19.2. The number of esters is 1. The van der Waals surface area contributed by atoms with Crippen molar-refractivity contribution in [1.29, 1.82) is 0 Å². The van der Waals surface area contributed by atoms with Gasteiger partial charge in [0, 0.05) is 25.1 Å². The molecule has 2 aromatic rings. The number of nitrogens with zero attached hydrogens (tertiary/aromatic N) is 1. The summed E-state index contributed by atoms with van der Waals surface area (Å²) in [4.78, 5) is 14.3. The first-order valence-corrected chi connectivity index (χ1v) is 11.0. The summed E-state index contributed by atoms with van der Waals surface area (Å²) < 4.78 is 39.2. The Hall–Kier alpha value is -2.83. The predicted molar refractivity (Wildman–Crippen MR) is 122 cm³/mol. The number of carbonyl (C=O) groups excluding carboxylic acids is 1. The predicted octanol–water partition coefficient (Wildman–Crippen LogP) is 5.99. The highest BCUT2D eigenvalue weighted by Crippen LogP contribution is 2.39. The number of anilines is 2. The average molecular weight is 447 g/mol. The Bertz CT molecular complexity index is 952. The first-order chi connectivity index (χ1) is 15.0. The Morgan fingerprint density at radius 1 is 1.19 bits per heavy atom. The van der Waals surface area contributed by atoms with Gasteiger partial charge < -0.3 is 20.1 Å². The van der Waals surface area contributed by atoms with Gasteiger partial charge in [0.25, 0.3) is 0 Å². The SMILES string of the molecule is Cc1c(Oc2c(F)cccc2F)ccc(N)c1N1CCC[C@@H](CCC(=O)OC(C)(C)C)C1. The number of rotatable bonds is 6. The van der Waals surface area contributed by atoms with Crippen LogP contribution >= 0.6 is 0 Å². The Morgan fingerprint density at radius 2 is 1.88 bits per heavy atom. The summed E-state index contributed by atoms with van der Waals surface area (Å²) in [6.07, 6.45) is 3.10. The van der Waals surface area contributed by atoms with Crippen molar-refractivity contribution in [2.24, 2.45) is 5.92 Å². The fraction of sp³-hybridized carbons (Fsp3) is 0.480. The van der Waals surface area contributed by atoms with Crippen LogP contribution in [0.5, 0.6) is 11.5 Å². The van der Waals surface area contributed by atoms with E-state index >= 15 is 0 Å². The topological polar surface area (TPSA) is 64.8 Å². The van der Waals surface area contributed by atoms with Crippen LogP contribution in [-0.2, 0) is 9.53 Å². The molecule has 2 N–H and O–H groups in total. The molecule has 1 heterocycles. The molecular weight excluding hydrogens is 414 g/mol. The van der Waals surface area contributed by atoms with Gasteiger partial charge in [-0.1, -0.05) is 6.07 Å². The molecule has 0 amide bonds. The molecule has 174 valence electrons. The summed E-state index contributed by atoms with van der Waals surface area (Å²) in [5, 5.41) is 0. The summed E-state index contributed by atoms with van der Waals surface area (Å²) in [6, 6.07) is 6.94. The minimum atomic E-state index is -0.761. The lowest BCUT2D eigenvalue weighted by Crippen LogP contribution is -2.36. The summed E-state index contributed by atoms with van der Waals surface area (Å²) in [5.74, 6) is -1.46. The largest absolute Gasteiger partial charge is 0.460 e. The van der Waals surface area contributed by atoms with Gasteiger partial charge in [0.1, 0.15) is 11.4 Å². The van der Waals surface area contributed by atoms with Gasteiger partial charge >= 0.3 is 5.97 Å². The molecule has 1 fully saturated rings. The van der Waals surface area contributed by atoms with E-state index in [-0.39, 0.29) is 5.97 Å². The van der Waals surface area contributed by atoms with Crippen LogP contribution in [0, 0.1) is 24.5 Å². The van der Waals surface area contributed by atoms with Crippen molar-refractivity contribution in [2.75, 3.05) is 23.7 Å². The molecule has 1 aliphatic heterocycles. The molecule has 1 saturated heterocycles. The van der Waals surface area contributed by atoms with Crippen molar-refractivity contribution in [3.63, 3.8) is 0 Å². The van der Waals surface area contributed by atoms with Gasteiger partial charge in [-0.05, 0) is 77.1 Å². The molecule has 0 unspecified atom stereocenters. The van der Waals surface area contributed by atoms with Gasteiger partial charge in [0.2, 0.25) is 0 Å². The third-order valence-electron chi connectivity index (χ3n) is 5.56. The molecule has 0 bridgehead atoms. The van der Waals surface area contributed by atoms with Crippen molar-refractivity contribution in [3.8, 4) is 11.5 Å². The average Bonchev–Trinajstić information content (AvgIpc) is 2.70. The number of nitrogens with two attached hydrogens (primary N) is 1. The van der Waals surface area contributed by atoms with Gasteiger partial charge in [-0.3, -0.25) is 4.79 Å².